The van der Waals surface area contributed by atoms with Crippen molar-refractivity contribution in [2.24, 2.45) is 0 Å². The van der Waals surface area contributed by atoms with Gasteiger partial charge in [0.15, 0.2) is 12.1 Å². The molecule has 2 saturated heterocycles. The van der Waals surface area contributed by atoms with Crippen molar-refractivity contribution in [1.82, 2.24) is 9.80 Å². The molecule has 0 bridgehead atoms. The first-order valence-corrected chi connectivity index (χ1v) is 12.6. The van der Waals surface area contributed by atoms with Crippen LogP contribution in [0.2, 0.25) is 0 Å². The summed E-state index contributed by atoms with van der Waals surface area (Å²) in [6.07, 6.45) is 0.717. The van der Waals surface area contributed by atoms with Crippen LogP contribution in [0, 0.1) is 6.92 Å². The van der Waals surface area contributed by atoms with E-state index in [1.54, 1.807) is 23.1 Å². The van der Waals surface area contributed by atoms with Gasteiger partial charge < -0.3 is 15.0 Å². The Kier molecular flexibility index (Phi) is 6.55. The van der Waals surface area contributed by atoms with E-state index >= 15 is 0 Å². The van der Waals surface area contributed by atoms with E-state index in [1.165, 1.54) is 11.3 Å². The Morgan fingerprint density at radius 3 is 2.51 bits per heavy atom. The van der Waals surface area contributed by atoms with Gasteiger partial charge in [-0.3, -0.25) is 14.5 Å². The zero-order valence-corrected chi connectivity index (χ0v) is 20.3. The molecule has 0 saturated carbocycles. The standard InChI is InChI=1S/C27H27N3O4S/c1-18-6-4-7-19(16-18)17-30-23(26(32)29-13-2-3-14-29)24(34-27(30)33)20-9-11-21(12-10-20)28-25(31)22-8-5-15-35-22/h4-12,15-16,23-24H,2-3,13-14,17H2,1H3,(H,28,31)/t23-,24-/m1/s1. The summed E-state index contributed by atoms with van der Waals surface area (Å²) in [6, 6.07) is 17.9. The maximum atomic E-state index is 13.6. The van der Waals surface area contributed by atoms with E-state index in [-0.39, 0.29) is 11.8 Å². The van der Waals surface area contributed by atoms with Gasteiger partial charge in [0.05, 0.1) is 11.4 Å². The number of nitrogens with one attached hydrogen (secondary N) is 1. The fraction of sp³-hybridized carbons (Fsp3) is 0.296. The second kappa shape index (κ2) is 9.92. The summed E-state index contributed by atoms with van der Waals surface area (Å²) < 4.78 is 5.79. The number of anilines is 1. The van der Waals surface area contributed by atoms with Crippen molar-refractivity contribution in [3.8, 4) is 0 Å². The molecule has 3 aromatic rings. The van der Waals surface area contributed by atoms with E-state index in [0.717, 1.165) is 29.5 Å². The Balaban J connectivity index is 1.39. The predicted octanol–water partition coefficient (Wildman–Crippen LogP) is 4.99. The minimum atomic E-state index is -0.743. The second-order valence-electron chi connectivity index (χ2n) is 8.95. The topological polar surface area (TPSA) is 79.0 Å². The van der Waals surface area contributed by atoms with Crippen LogP contribution < -0.4 is 5.32 Å². The van der Waals surface area contributed by atoms with Crippen LogP contribution in [-0.2, 0) is 16.1 Å². The van der Waals surface area contributed by atoms with Gasteiger partial charge in [-0.2, -0.15) is 0 Å². The first-order valence-electron chi connectivity index (χ1n) is 11.8. The largest absolute Gasteiger partial charge is 0.438 e. The summed E-state index contributed by atoms with van der Waals surface area (Å²) in [4.78, 5) is 43.0. The number of cyclic esters (lactones) is 1. The third kappa shape index (κ3) is 4.93. The highest BCUT2D eigenvalue weighted by molar-refractivity contribution is 7.12. The zero-order valence-electron chi connectivity index (χ0n) is 19.5. The van der Waals surface area contributed by atoms with Crippen molar-refractivity contribution >= 4 is 34.9 Å². The molecule has 180 valence electrons. The monoisotopic (exact) mass is 489 g/mol. The van der Waals surface area contributed by atoms with Gasteiger partial charge in [-0.15, -0.1) is 11.3 Å². The van der Waals surface area contributed by atoms with Gasteiger partial charge in [0.2, 0.25) is 5.91 Å². The molecule has 1 aromatic heterocycles. The molecule has 7 nitrogen and oxygen atoms in total. The number of hydrogen-bond donors (Lipinski definition) is 1. The summed E-state index contributed by atoms with van der Waals surface area (Å²) >= 11 is 1.37. The first-order chi connectivity index (χ1) is 17.0. The normalized spacial score (nSPS) is 19.6. The number of amides is 3. The van der Waals surface area contributed by atoms with E-state index in [4.69, 9.17) is 4.74 Å². The highest BCUT2D eigenvalue weighted by Crippen LogP contribution is 2.36. The van der Waals surface area contributed by atoms with Crippen molar-refractivity contribution in [3.05, 3.63) is 87.6 Å². The number of ether oxygens (including phenoxy) is 1. The van der Waals surface area contributed by atoms with Gasteiger partial charge in [0.1, 0.15) is 0 Å². The molecule has 3 heterocycles. The van der Waals surface area contributed by atoms with Crippen LogP contribution in [0.15, 0.2) is 66.0 Å². The number of benzene rings is 2. The summed E-state index contributed by atoms with van der Waals surface area (Å²) in [5.41, 5.74) is 3.40. The van der Waals surface area contributed by atoms with Gasteiger partial charge in [-0.1, -0.05) is 48.0 Å². The zero-order chi connectivity index (χ0) is 24.4. The summed E-state index contributed by atoms with van der Waals surface area (Å²) in [6.45, 7) is 3.70. The molecule has 2 aliphatic heterocycles. The van der Waals surface area contributed by atoms with Gasteiger partial charge in [0.25, 0.3) is 5.91 Å². The van der Waals surface area contributed by atoms with Gasteiger partial charge in [-0.05, 0) is 54.5 Å². The van der Waals surface area contributed by atoms with Crippen LogP contribution in [-0.4, -0.2) is 46.8 Å². The third-order valence-electron chi connectivity index (χ3n) is 6.43. The lowest BCUT2D eigenvalue weighted by atomic mass is 9.99. The number of likely N-dealkylation sites (tertiary alicyclic amines) is 1. The quantitative estimate of drug-likeness (QED) is 0.529. The smallest absolute Gasteiger partial charge is 0.411 e. The van der Waals surface area contributed by atoms with Crippen LogP contribution in [0.3, 0.4) is 0 Å². The van der Waals surface area contributed by atoms with Crippen LogP contribution in [0.1, 0.15) is 45.3 Å². The predicted molar refractivity (Wildman–Crippen MR) is 134 cm³/mol. The molecule has 0 radical (unpaired) electrons. The maximum absolute atomic E-state index is 13.6. The fourth-order valence-corrected chi connectivity index (χ4v) is 5.30. The van der Waals surface area contributed by atoms with Crippen molar-refractivity contribution in [3.63, 3.8) is 0 Å². The maximum Gasteiger partial charge on any atom is 0.411 e. The number of carbonyl (C=O) groups is 3. The highest BCUT2D eigenvalue weighted by atomic mass is 32.1. The SMILES string of the molecule is Cc1cccc(CN2C(=O)O[C@H](c3ccc(NC(=O)c4cccs4)cc3)[C@@H]2C(=O)N2CCCC2)c1. The van der Waals surface area contributed by atoms with Crippen LogP contribution in [0.5, 0.6) is 0 Å². The summed E-state index contributed by atoms with van der Waals surface area (Å²) in [7, 11) is 0. The molecule has 2 fully saturated rings. The van der Waals surface area contributed by atoms with Gasteiger partial charge in [0, 0.05) is 18.8 Å². The molecule has 35 heavy (non-hydrogen) atoms. The Morgan fingerprint density at radius 1 is 1.06 bits per heavy atom. The average Bonchev–Trinajstić information content (AvgIpc) is 3.62. The molecule has 5 rings (SSSR count). The number of nitrogens with zero attached hydrogens (tertiary/aromatic N) is 2. The van der Waals surface area contributed by atoms with Gasteiger partial charge in [-0.25, -0.2) is 4.79 Å². The number of hydrogen-bond acceptors (Lipinski definition) is 5. The van der Waals surface area contributed by atoms with Crippen LogP contribution in [0.4, 0.5) is 10.5 Å². The van der Waals surface area contributed by atoms with E-state index < -0.39 is 18.2 Å². The lowest BCUT2D eigenvalue weighted by molar-refractivity contribution is -0.135. The van der Waals surface area contributed by atoms with Crippen LogP contribution >= 0.6 is 11.3 Å². The molecule has 0 aliphatic carbocycles. The van der Waals surface area contributed by atoms with Gasteiger partial charge >= 0.3 is 6.09 Å². The molecule has 3 amide bonds. The molecule has 0 spiro atoms. The highest BCUT2D eigenvalue weighted by Gasteiger charge is 2.48. The number of rotatable bonds is 6. The molecule has 0 unspecified atom stereocenters. The third-order valence-corrected chi connectivity index (χ3v) is 7.30. The minimum absolute atomic E-state index is 0.0823. The minimum Gasteiger partial charge on any atom is -0.438 e. The van der Waals surface area contributed by atoms with Crippen molar-refractivity contribution in [1.29, 1.82) is 0 Å². The average molecular weight is 490 g/mol. The lowest BCUT2D eigenvalue weighted by Crippen LogP contribution is -2.47. The van der Waals surface area contributed by atoms with Crippen molar-refractivity contribution in [2.45, 2.75) is 38.5 Å². The first kappa shape index (κ1) is 23.1. The second-order valence-corrected chi connectivity index (χ2v) is 9.90. The van der Waals surface area contributed by atoms with Crippen LogP contribution in [0.25, 0.3) is 0 Å². The molecular weight excluding hydrogens is 462 g/mol. The number of aryl methyl sites for hydroxylation is 1. The molecule has 1 N–H and O–H groups in total. The fourth-order valence-electron chi connectivity index (χ4n) is 4.68. The Bertz CT molecular complexity index is 1220. The number of thiophene rings is 1. The number of carbonyl (C=O) groups excluding carboxylic acids is 3. The lowest BCUT2D eigenvalue weighted by Gasteiger charge is -2.28. The molecule has 2 aromatic carbocycles. The molecular formula is C27H27N3O4S. The summed E-state index contributed by atoms with van der Waals surface area (Å²) in [5.74, 6) is -0.257. The summed E-state index contributed by atoms with van der Waals surface area (Å²) in [5, 5.41) is 4.73. The molecule has 8 heteroatoms. The Hall–Kier alpha value is -3.65. The van der Waals surface area contributed by atoms with Crippen molar-refractivity contribution in [2.75, 3.05) is 18.4 Å². The Morgan fingerprint density at radius 2 is 1.83 bits per heavy atom. The van der Waals surface area contributed by atoms with Crippen molar-refractivity contribution < 1.29 is 19.1 Å². The van der Waals surface area contributed by atoms with E-state index in [2.05, 4.69) is 5.32 Å². The van der Waals surface area contributed by atoms with E-state index in [9.17, 15) is 14.4 Å². The molecule has 2 aliphatic rings. The van der Waals surface area contributed by atoms with E-state index in [0.29, 0.717) is 30.2 Å². The molecule has 2 atom stereocenters. The Labute approximate surface area is 208 Å². The van der Waals surface area contributed by atoms with E-state index in [1.807, 2.05) is 59.7 Å².